The number of halogens is 1. The van der Waals surface area contributed by atoms with Gasteiger partial charge in [-0.3, -0.25) is 4.18 Å². The highest BCUT2D eigenvalue weighted by Crippen LogP contribution is 2.29. The van der Waals surface area contributed by atoms with Crippen LogP contribution in [0.2, 0.25) is 5.02 Å². The van der Waals surface area contributed by atoms with Crippen LogP contribution in [0.15, 0.2) is 59.5 Å². The Morgan fingerprint density at radius 3 is 2.19 bits per heavy atom. The zero-order valence-electron chi connectivity index (χ0n) is 20.1. The molecule has 4 atom stereocenters. The second-order valence-electron chi connectivity index (χ2n) is 8.76. The topological polar surface area (TPSA) is 124 Å². The van der Waals surface area contributed by atoms with Crippen LogP contribution in [0.25, 0.3) is 0 Å². The Bertz CT molecular complexity index is 1150. The molecule has 10 nitrogen and oxygen atoms in total. The Balaban J connectivity index is 1.93. The van der Waals surface area contributed by atoms with Gasteiger partial charge in [-0.05, 0) is 57.2 Å². The van der Waals surface area contributed by atoms with Crippen molar-refractivity contribution in [2.45, 2.75) is 55.9 Å². The molecule has 1 saturated heterocycles. The first kappa shape index (κ1) is 27.9. The van der Waals surface area contributed by atoms with Crippen molar-refractivity contribution >= 4 is 33.8 Å². The standard InChI is InChI=1S/C24H27ClO10S/c1-24(2,3)34-23(27)33-19-18(32-21(26)15-8-6-5-7-9-15)14-31-22(30-4)20(19)35-36(28,29)17-12-10-16(25)11-13-17/h5-13,18-20,22H,14H2,1-4H3/t18-,19+,20-,22-/m1/s1. The van der Waals surface area contributed by atoms with Gasteiger partial charge in [0.15, 0.2) is 24.6 Å². The quantitative estimate of drug-likeness (QED) is 0.375. The molecule has 36 heavy (non-hydrogen) atoms. The molecule has 12 heteroatoms. The summed E-state index contributed by atoms with van der Waals surface area (Å²) in [7, 11) is -3.16. The second-order valence-corrected chi connectivity index (χ2v) is 10.8. The minimum Gasteiger partial charge on any atom is -0.452 e. The molecule has 196 valence electrons. The zero-order valence-corrected chi connectivity index (χ0v) is 21.7. The monoisotopic (exact) mass is 542 g/mol. The first-order valence-electron chi connectivity index (χ1n) is 10.9. The van der Waals surface area contributed by atoms with Crippen LogP contribution in [-0.2, 0) is 38.0 Å². The van der Waals surface area contributed by atoms with E-state index in [4.69, 9.17) is 39.5 Å². The lowest BCUT2D eigenvalue weighted by molar-refractivity contribution is -0.256. The molecule has 1 aliphatic rings. The fourth-order valence-electron chi connectivity index (χ4n) is 3.26. The Hall–Kier alpha value is -2.70. The minimum atomic E-state index is -4.42. The predicted octanol–water partition coefficient (Wildman–Crippen LogP) is 3.96. The van der Waals surface area contributed by atoms with Gasteiger partial charge in [-0.15, -0.1) is 0 Å². The second kappa shape index (κ2) is 11.6. The molecule has 1 heterocycles. The summed E-state index contributed by atoms with van der Waals surface area (Å²) in [5.74, 6) is -0.739. The lowest BCUT2D eigenvalue weighted by atomic mass is 10.0. The van der Waals surface area contributed by atoms with Crippen molar-refractivity contribution < 1.29 is 45.9 Å². The lowest BCUT2D eigenvalue weighted by Crippen LogP contribution is -2.58. The van der Waals surface area contributed by atoms with Gasteiger partial charge in [-0.25, -0.2) is 9.59 Å². The van der Waals surface area contributed by atoms with Crippen LogP contribution in [0.5, 0.6) is 0 Å². The van der Waals surface area contributed by atoms with E-state index < -0.39 is 52.4 Å². The highest BCUT2D eigenvalue weighted by molar-refractivity contribution is 7.86. The number of carbonyl (C=O) groups is 2. The molecule has 3 rings (SSSR count). The number of benzene rings is 2. The smallest absolute Gasteiger partial charge is 0.452 e. The van der Waals surface area contributed by atoms with Crippen molar-refractivity contribution in [1.82, 2.24) is 0 Å². The third kappa shape index (κ3) is 7.40. The molecule has 0 unspecified atom stereocenters. The van der Waals surface area contributed by atoms with Crippen LogP contribution in [0.1, 0.15) is 31.1 Å². The number of carbonyl (C=O) groups excluding carboxylic acids is 2. The largest absolute Gasteiger partial charge is 0.509 e. The summed E-state index contributed by atoms with van der Waals surface area (Å²) in [4.78, 5) is 25.1. The highest BCUT2D eigenvalue weighted by atomic mass is 35.5. The highest BCUT2D eigenvalue weighted by Gasteiger charge is 2.49. The van der Waals surface area contributed by atoms with Crippen LogP contribution >= 0.6 is 11.6 Å². The molecule has 0 radical (unpaired) electrons. The SMILES string of the molecule is CO[C@@H]1OC[C@@H](OC(=O)c2ccccc2)[C@H](OC(=O)OC(C)(C)C)[C@H]1OS(=O)(=O)c1ccc(Cl)cc1. The molecule has 0 amide bonds. The van der Waals surface area contributed by atoms with Gasteiger partial charge < -0.3 is 23.7 Å². The van der Waals surface area contributed by atoms with Gasteiger partial charge in [0.2, 0.25) is 0 Å². The maximum absolute atomic E-state index is 13.0. The van der Waals surface area contributed by atoms with Crippen molar-refractivity contribution in [3.05, 3.63) is 65.2 Å². The molecular formula is C24H27ClO10S. The number of hydrogen-bond acceptors (Lipinski definition) is 10. The van der Waals surface area contributed by atoms with Crippen molar-refractivity contribution in [3.63, 3.8) is 0 Å². The Morgan fingerprint density at radius 2 is 1.61 bits per heavy atom. The molecule has 0 bridgehead atoms. The molecule has 1 aliphatic heterocycles. The summed E-state index contributed by atoms with van der Waals surface area (Å²) >= 11 is 5.86. The van der Waals surface area contributed by atoms with Gasteiger partial charge in [-0.2, -0.15) is 8.42 Å². The van der Waals surface area contributed by atoms with Crippen LogP contribution in [0, 0.1) is 0 Å². The summed E-state index contributed by atoms with van der Waals surface area (Å²) < 4.78 is 58.5. The Labute approximate surface area is 214 Å². The summed E-state index contributed by atoms with van der Waals surface area (Å²) in [6.45, 7) is 4.61. The van der Waals surface area contributed by atoms with E-state index in [9.17, 15) is 18.0 Å². The summed E-state index contributed by atoms with van der Waals surface area (Å²) in [6, 6.07) is 13.3. The van der Waals surface area contributed by atoms with E-state index in [1.165, 1.54) is 43.5 Å². The van der Waals surface area contributed by atoms with E-state index in [1.807, 2.05) is 0 Å². The number of ether oxygens (including phenoxy) is 5. The molecule has 0 spiro atoms. The van der Waals surface area contributed by atoms with Gasteiger partial charge in [-0.1, -0.05) is 29.8 Å². The van der Waals surface area contributed by atoms with E-state index in [-0.39, 0.29) is 17.1 Å². The molecule has 0 aliphatic carbocycles. The average molecular weight is 543 g/mol. The van der Waals surface area contributed by atoms with Crippen LogP contribution in [-0.4, -0.2) is 64.5 Å². The predicted molar refractivity (Wildman–Crippen MR) is 127 cm³/mol. The maximum Gasteiger partial charge on any atom is 0.509 e. The fourth-order valence-corrected chi connectivity index (χ4v) is 4.46. The first-order valence-corrected chi connectivity index (χ1v) is 12.7. The molecule has 0 aromatic heterocycles. The summed E-state index contributed by atoms with van der Waals surface area (Å²) in [6.07, 6.45) is -6.67. The van der Waals surface area contributed by atoms with E-state index >= 15 is 0 Å². The Morgan fingerprint density at radius 1 is 0.972 bits per heavy atom. The zero-order chi connectivity index (χ0) is 26.5. The van der Waals surface area contributed by atoms with Gasteiger partial charge >= 0.3 is 12.1 Å². The number of esters is 1. The molecular weight excluding hydrogens is 516 g/mol. The van der Waals surface area contributed by atoms with Gasteiger partial charge in [0.05, 0.1) is 17.1 Å². The lowest BCUT2D eigenvalue weighted by Gasteiger charge is -2.39. The summed E-state index contributed by atoms with van der Waals surface area (Å²) in [5, 5.41) is 0.323. The molecule has 0 N–H and O–H groups in total. The van der Waals surface area contributed by atoms with Gasteiger partial charge in [0.25, 0.3) is 10.1 Å². The third-order valence-corrected chi connectivity index (χ3v) is 6.42. The normalized spacial score (nSPS) is 22.5. The summed E-state index contributed by atoms with van der Waals surface area (Å²) in [5.41, 5.74) is -0.682. The van der Waals surface area contributed by atoms with E-state index in [0.29, 0.717) is 5.02 Å². The third-order valence-electron chi connectivity index (χ3n) is 4.85. The van der Waals surface area contributed by atoms with Gasteiger partial charge in [0, 0.05) is 12.1 Å². The molecule has 2 aromatic rings. The van der Waals surface area contributed by atoms with Crippen molar-refractivity contribution in [2.75, 3.05) is 13.7 Å². The van der Waals surface area contributed by atoms with Crippen molar-refractivity contribution in [1.29, 1.82) is 0 Å². The fraction of sp³-hybridized carbons (Fsp3) is 0.417. The van der Waals surface area contributed by atoms with E-state index in [1.54, 1.807) is 39.0 Å². The maximum atomic E-state index is 13.0. The van der Waals surface area contributed by atoms with E-state index in [2.05, 4.69) is 0 Å². The average Bonchev–Trinajstić information content (AvgIpc) is 2.80. The van der Waals surface area contributed by atoms with Crippen LogP contribution in [0.3, 0.4) is 0 Å². The minimum absolute atomic E-state index is 0.207. The van der Waals surface area contributed by atoms with Crippen LogP contribution in [0.4, 0.5) is 4.79 Å². The van der Waals surface area contributed by atoms with E-state index in [0.717, 1.165) is 0 Å². The Kier molecular flexibility index (Phi) is 8.96. The number of hydrogen-bond donors (Lipinski definition) is 0. The molecule has 1 fully saturated rings. The van der Waals surface area contributed by atoms with Crippen molar-refractivity contribution in [2.24, 2.45) is 0 Å². The molecule has 0 saturated carbocycles. The van der Waals surface area contributed by atoms with Crippen molar-refractivity contribution in [3.8, 4) is 0 Å². The number of rotatable bonds is 7. The first-order chi connectivity index (χ1) is 16.9. The van der Waals surface area contributed by atoms with Crippen LogP contribution < -0.4 is 0 Å². The van der Waals surface area contributed by atoms with Gasteiger partial charge in [0.1, 0.15) is 5.60 Å². The molecule has 2 aromatic carbocycles. The number of methoxy groups -OCH3 is 1.